The third-order valence-electron chi connectivity index (χ3n) is 5.35. The molecule has 0 N–H and O–H groups in total. The van der Waals surface area contributed by atoms with Gasteiger partial charge < -0.3 is 14.2 Å². The van der Waals surface area contributed by atoms with Crippen molar-refractivity contribution in [1.29, 1.82) is 0 Å². The summed E-state index contributed by atoms with van der Waals surface area (Å²) < 4.78 is 17.3. The molecular formula is C25H30N4O3. The first kappa shape index (κ1) is 22.3. The van der Waals surface area contributed by atoms with E-state index in [4.69, 9.17) is 14.2 Å². The Kier molecular flexibility index (Phi) is 7.42. The maximum atomic E-state index is 6.03. The Hall–Kier alpha value is -2.87. The molecule has 0 unspecified atom stereocenters. The lowest BCUT2D eigenvalue weighted by atomic mass is 10.1. The minimum absolute atomic E-state index is 0.0492. The zero-order valence-corrected chi connectivity index (χ0v) is 18.9. The minimum Gasteiger partial charge on any atom is -0.491 e. The van der Waals surface area contributed by atoms with E-state index in [2.05, 4.69) is 38.1 Å². The van der Waals surface area contributed by atoms with E-state index in [0.717, 1.165) is 47.8 Å². The highest BCUT2D eigenvalue weighted by atomic mass is 16.5. The molecule has 1 fully saturated rings. The van der Waals surface area contributed by atoms with Crippen molar-refractivity contribution in [2.24, 2.45) is 0 Å². The van der Waals surface area contributed by atoms with Crippen LogP contribution in [0.5, 0.6) is 5.75 Å². The number of pyridine rings is 1. The summed E-state index contributed by atoms with van der Waals surface area (Å²) in [5.74, 6) is 0.888. The van der Waals surface area contributed by atoms with Gasteiger partial charge in [0.25, 0.3) is 0 Å². The van der Waals surface area contributed by atoms with Gasteiger partial charge in [0.2, 0.25) is 0 Å². The Morgan fingerprint density at radius 1 is 1.09 bits per heavy atom. The Balaban J connectivity index is 1.42. The Bertz CT molecular complexity index is 996. The molecule has 1 saturated heterocycles. The molecule has 1 atom stereocenters. The van der Waals surface area contributed by atoms with Crippen molar-refractivity contribution in [2.45, 2.75) is 39.2 Å². The lowest BCUT2D eigenvalue weighted by Crippen LogP contribution is -2.38. The highest BCUT2D eigenvalue weighted by Gasteiger charge is 2.23. The largest absolute Gasteiger partial charge is 0.491 e. The number of rotatable bonds is 8. The predicted molar refractivity (Wildman–Crippen MR) is 122 cm³/mol. The molecule has 1 aliphatic heterocycles. The number of benzene rings is 1. The van der Waals surface area contributed by atoms with E-state index in [0.29, 0.717) is 13.2 Å². The van der Waals surface area contributed by atoms with Gasteiger partial charge in [0.15, 0.2) is 0 Å². The van der Waals surface area contributed by atoms with Gasteiger partial charge in [-0.25, -0.2) is 9.97 Å². The van der Waals surface area contributed by atoms with Crippen LogP contribution >= 0.6 is 0 Å². The summed E-state index contributed by atoms with van der Waals surface area (Å²) in [5.41, 5.74) is 5.20. The van der Waals surface area contributed by atoms with Crippen molar-refractivity contribution in [2.75, 3.05) is 26.8 Å². The molecule has 0 spiro atoms. The normalized spacial score (nSPS) is 16.9. The summed E-state index contributed by atoms with van der Waals surface area (Å²) >= 11 is 0. The van der Waals surface area contributed by atoms with Crippen molar-refractivity contribution in [3.8, 4) is 16.9 Å². The van der Waals surface area contributed by atoms with Gasteiger partial charge in [-0.3, -0.25) is 9.88 Å². The molecule has 0 saturated carbocycles. The summed E-state index contributed by atoms with van der Waals surface area (Å²) in [6.07, 6.45) is 7.05. The quantitative estimate of drug-likeness (QED) is 0.530. The molecule has 3 heterocycles. The van der Waals surface area contributed by atoms with E-state index in [9.17, 15) is 0 Å². The smallest absolute Gasteiger partial charge is 0.125 e. The highest BCUT2D eigenvalue weighted by Crippen LogP contribution is 2.26. The average Bonchev–Trinajstić information content (AvgIpc) is 2.82. The van der Waals surface area contributed by atoms with Gasteiger partial charge in [0.1, 0.15) is 18.2 Å². The minimum atomic E-state index is -0.0492. The van der Waals surface area contributed by atoms with Crippen LogP contribution in [0.15, 0.2) is 55.2 Å². The summed E-state index contributed by atoms with van der Waals surface area (Å²) in [6, 6.07) is 10.4. The molecule has 0 radical (unpaired) electrons. The van der Waals surface area contributed by atoms with Crippen molar-refractivity contribution < 1.29 is 14.2 Å². The zero-order valence-electron chi connectivity index (χ0n) is 18.9. The molecule has 7 nitrogen and oxygen atoms in total. The number of hydrogen-bond donors (Lipinski definition) is 0. The van der Waals surface area contributed by atoms with E-state index in [1.807, 2.05) is 32.2 Å². The molecule has 0 aliphatic carbocycles. The van der Waals surface area contributed by atoms with E-state index < -0.39 is 0 Å². The van der Waals surface area contributed by atoms with Crippen molar-refractivity contribution in [3.05, 3.63) is 72.1 Å². The fraction of sp³-hybridized carbons (Fsp3) is 0.400. The number of morpholine rings is 1. The van der Waals surface area contributed by atoms with Gasteiger partial charge in [-0.2, -0.15) is 0 Å². The molecule has 2 aromatic heterocycles. The molecule has 4 rings (SSSR count). The van der Waals surface area contributed by atoms with Crippen LogP contribution in [0.1, 0.15) is 36.8 Å². The lowest BCUT2D eigenvalue weighted by Gasteiger charge is -2.32. The van der Waals surface area contributed by atoms with Crippen LogP contribution in [0.2, 0.25) is 0 Å². The molecule has 32 heavy (non-hydrogen) atoms. The van der Waals surface area contributed by atoms with Crippen LogP contribution in [0.25, 0.3) is 11.1 Å². The summed E-state index contributed by atoms with van der Waals surface area (Å²) in [4.78, 5) is 15.2. The Morgan fingerprint density at radius 3 is 2.66 bits per heavy atom. The van der Waals surface area contributed by atoms with Crippen LogP contribution in [0.3, 0.4) is 0 Å². The van der Waals surface area contributed by atoms with Crippen molar-refractivity contribution >= 4 is 0 Å². The van der Waals surface area contributed by atoms with E-state index in [1.165, 1.54) is 11.9 Å². The summed E-state index contributed by atoms with van der Waals surface area (Å²) in [7, 11) is 1.71. The van der Waals surface area contributed by atoms with Gasteiger partial charge >= 0.3 is 0 Å². The fourth-order valence-corrected chi connectivity index (χ4v) is 3.87. The van der Waals surface area contributed by atoms with Crippen LogP contribution in [-0.4, -0.2) is 52.8 Å². The lowest BCUT2D eigenvalue weighted by molar-refractivity contribution is -0.0350. The first-order valence-electron chi connectivity index (χ1n) is 10.9. The topological polar surface area (TPSA) is 69.6 Å². The monoisotopic (exact) mass is 434 g/mol. The molecule has 7 heteroatoms. The standard InChI is InChI=1S/C25H30N4O3/c1-18(2)32-24-7-4-19(10-21(24)16-30-3)14-29-8-9-31-25(15-29)23-6-5-20(13-28-23)22-11-26-17-27-12-22/h4-7,10-13,17-18,25H,8-9,14-16H2,1-3H3/t25-/m1/s1. The second kappa shape index (κ2) is 10.6. The molecule has 0 bridgehead atoms. The predicted octanol–water partition coefficient (Wildman–Crippen LogP) is 4.05. The number of hydrogen-bond acceptors (Lipinski definition) is 7. The third kappa shape index (κ3) is 5.68. The number of nitrogens with zero attached hydrogens (tertiary/aromatic N) is 4. The van der Waals surface area contributed by atoms with E-state index in [1.54, 1.807) is 19.5 Å². The number of ether oxygens (including phenoxy) is 3. The Morgan fingerprint density at radius 2 is 1.94 bits per heavy atom. The van der Waals surface area contributed by atoms with Crippen molar-refractivity contribution in [3.63, 3.8) is 0 Å². The Labute approximate surface area is 189 Å². The van der Waals surface area contributed by atoms with Crippen molar-refractivity contribution in [1.82, 2.24) is 19.9 Å². The first-order chi connectivity index (χ1) is 15.6. The van der Waals surface area contributed by atoms with Gasteiger partial charge in [-0.1, -0.05) is 12.1 Å². The van der Waals surface area contributed by atoms with Crippen LogP contribution < -0.4 is 4.74 Å². The van der Waals surface area contributed by atoms with E-state index >= 15 is 0 Å². The first-order valence-corrected chi connectivity index (χ1v) is 10.9. The number of aromatic nitrogens is 3. The molecule has 0 amide bonds. The average molecular weight is 435 g/mol. The maximum absolute atomic E-state index is 6.03. The molecular weight excluding hydrogens is 404 g/mol. The molecule has 1 aliphatic rings. The maximum Gasteiger partial charge on any atom is 0.125 e. The number of methoxy groups -OCH3 is 1. The molecule has 168 valence electrons. The van der Waals surface area contributed by atoms with Crippen LogP contribution in [0.4, 0.5) is 0 Å². The van der Waals surface area contributed by atoms with Gasteiger partial charge in [-0.05, 0) is 37.6 Å². The highest BCUT2D eigenvalue weighted by molar-refractivity contribution is 5.60. The SMILES string of the molecule is COCc1cc(CN2CCO[C@@H](c3ccc(-c4cncnc4)cn3)C2)ccc1OC(C)C. The summed E-state index contributed by atoms with van der Waals surface area (Å²) in [5, 5.41) is 0. The second-order valence-electron chi connectivity index (χ2n) is 8.24. The van der Waals surface area contributed by atoms with E-state index in [-0.39, 0.29) is 12.2 Å². The van der Waals surface area contributed by atoms with Crippen LogP contribution in [0, 0.1) is 0 Å². The van der Waals surface area contributed by atoms with Crippen LogP contribution in [-0.2, 0) is 22.6 Å². The second-order valence-corrected chi connectivity index (χ2v) is 8.24. The fourth-order valence-electron chi connectivity index (χ4n) is 3.87. The molecule has 3 aromatic rings. The third-order valence-corrected chi connectivity index (χ3v) is 5.35. The van der Waals surface area contributed by atoms with Gasteiger partial charge in [0.05, 0.1) is 25.0 Å². The van der Waals surface area contributed by atoms with Gasteiger partial charge in [-0.15, -0.1) is 0 Å². The zero-order chi connectivity index (χ0) is 22.3. The summed E-state index contributed by atoms with van der Waals surface area (Å²) in [6.45, 7) is 7.81. The molecule has 1 aromatic carbocycles. The van der Waals surface area contributed by atoms with Gasteiger partial charge in [0, 0.05) is 62.0 Å².